The summed E-state index contributed by atoms with van der Waals surface area (Å²) in [6, 6.07) is 10.3. The van der Waals surface area contributed by atoms with Crippen molar-refractivity contribution < 1.29 is 13.6 Å². The molecule has 0 saturated heterocycles. The fraction of sp³-hybridized carbons (Fsp3) is 0.136. The minimum atomic E-state index is -0.785. The molecule has 0 aliphatic rings. The maximum Gasteiger partial charge on any atom is 0.333 e. The number of hydrogen-bond acceptors (Lipinski definition) is 3. The highest BCUT2D eigenvalue weighted by molar-refractivity contribution is 6.05. The molecule has 4 aromatic rings. The average Bonchev–Trinajstić information content (AvgIpc) is 3.05. The summed E-state index contributed by atoms with van der Waals surface area (Å²) in [5, 5.41) is 2.43. The van der Waals surface area contributed by atoms with Gasteiger partial charge < -0.3 is 14.9 Å². The number of nitrogens with one attached hydrogen (secondary N) is 2. The van der Waals surface area contributed by atoms with E-state index in [0.29, 0.717) is 5.69 Å². The van der Waals surface area contributed by atoms with Gasteiger partial charge in [0.15, 0.2) is 0 Å². The average molecular weight is 424 g/mol. The quantitative estimate of drug-likeness (QED) is 0.528. The number of hydrogen-bond donors (Lipinski definition) is 2. The first kappa shape index (κ1) is 20.3. The van der Waals surface area contributed by atoms with Gasteiger partial charge in [-0.05, 0) is 31.2 Å². The smallest absolute Gasteiger partial charge is 0.333 e. The summed E-state index contributed by atoms with van der Waals surface area (Å²) < 4.78 is 30.0. The fourth-order valence-electron chi connectivity index (χ4n) is 3.44. The van der Waals surface area contributed by atoms with Gasteiger partial charge in [-0.15, -0.1) is 0 Å². The standard InChI is InChI=1S/C22H18F2N4O3/c1-12-6-8-13(9-7-12)28-21(30)19-18(26-22(28)31)15(11-27(19)2)20(29)25-10-14-16(23)4-3-5-17(14)24/h3-9,11H,10H2,1-2H3,(H,25,29)(H,26,31). The molecule has 0 atom stereocenters. The number of nitrogens with zero attached hydrogens (tertiary/aromatic N) is 2. The van der Waals surface area contributed by atoms with E-state index in [9.17, 15) is 23.2 Å². The van der Waals surface area contributed by atoms with E-state index in [4.69, 9.17) is 0 Å². The van der Waals surface area contributed by atoms with Gasteiger partial charge in [-0.3, -0.25) is 9.59 Å². The normalized spacial score (nSPS) is 11.1. The highest BCUT2D eigenvalue weighted by Gasteiger charge is 2.20. The molecule has 0 aliphatic carbocycles. The van der Waals surface area contributed by atoms with Crippen LogP contribution in [0.5, 0.6) is 0 Å². The second-order valence-electron chi connectivity index (χ2n) is 7.17. The van der Waals surface area contributed by atoms with Crippen molar-refractivity contribution in [3.8, 4) is 5.69 Å². The number of rotatable bonds is 4. The summed E-state index contributed by atoms with van der Waals surface area (Å²) in [4.78, 5) is 41.0. The Morgan fingerprint density at radius 3 is 2.35 bits per heavy atom. The van der Waals surface area contributed by atoms with Gasteiger partial charge in [0.2, 0.25) is 0 Å². The molecule has 158 valence electrons. The zero-order chi connectivity index (χ0) is 22.3. The lowest BCUT2D eigenvalue weighted by molar-refractivity contribution is 0.0951. The summed E-state index contributed by atoms with van der Waals surface area (Å²) in [6.45, 7) is 1.49. The third-order valence-corrected chi connectivity index (χ3v) is 5.05. The number of aromatic amines is 1. The number of amides is 1. The molecule has 31 heavy (non-hydrogen) atoms. The van der Waals surface area contributed by atoms with Gasteiger partial charge in [0.05, 0.1) is 16.8 Å². The monoisotopic (exact) mass is 424 g/mol. The number of aryl methyl sites for hydroxylation is 2. The molecule has 0 unspecified atom stereocenters. The van der Waals surface area contributed by atoms with E-state index in [-0.39, 0.29) is 22.2 Å². The summed E-state index contributed by atoms with van der Waals surface area (Å²) in [5.74, 6) is -2.25. The molecule has 2 aromatic carbocycles. The van der Waals surface area contributed by atoms with E-state index in [1.54, 1.807) is 31.3 Å². The second kappa shape index (κ2) is 7.67. The summed E-state index contributed by atoms with van der Waals surface area (Å²) >= 11 is 0. The Hall–Kier alpha value is -4.01. The van der Waals surface area contributed by atoms with E-state index in [2.05, 4.69) is 10.3 Å². The van der Waals surface area contributed by atoms with Crippen molar-refractivity contribution in [3.05, 3.63) is 97.8 Å². The first-order chi connectivity index (χ1) is 14.8. The van der Waals surface area contributed by atoms with Crippen molar-refractivity contribution in [2.75, 3.05) is 0 Å². The van der Waals surface area contributed by atoms with Crippen molar-refractivity contribution >= 4 is 16.9 Å². The molecule has 0 saturated carbocycles. The number of H-pyrrole nitrogens is 1. The molecule has 0 radical (unpaired) electrons. The van der Waals surface area contributed by atoms with Crippen LogP contribution in [-0.4, -0.2) is 20.0 Å². The maximum absolute atomic E-state index is 13.8. The maximum atomic E-state index is 13.8. The lowest BCUT2D eigenvalue weighted by Crippen LogP contribution is -2.34. The Morgan fingerprint density at radius 2 is 1.71 bits per heavy atom. The van der Waals surface area contributed by atoms with E-state index in [1.807, 2.05) is 6.92 Å². The van der Waals surface area contributed by atoms with Gasteiger partial charge >= 0.3 is 5.69 Å². The molecule has 9 heteroatoms. The third kappa shape index (κ3) is 3.54. The highest BCUT2D eigenvalue weighted by Crippen LogP contribution is 2.16. The van der Waals surface area contributed by atoms with Gasteiger partial charge in [0, 0.05) is 25.4 Å². The lowest BCUT2D eigenvalue weighted by atomic mass is 10.2. The van der Waals surface area contributed by atoms with E-state index in [0.717, 1.165) is 22.3 Å². The molecule has 7 nitrogen and oxygen atoms in total. The first-order valence-electron chi connectivity index (χ1n) is 9.40. The molecule has 2 aromatic heterocycles. The first-order valence-corrected chi connectivity index (χ1v) is 9.40. The van der Waals surface area contributed by atoms with Crippen molar-refractivity contribution in [2.45, 2.75) is 13.5 Å². The van der Waals surface area contributed by atoms with Crippen LogP contribution in [0.25, 0.3) is 16.7 Å². The SMILES string of the molecule is Cc1ccc(-n2c(=O)[nH]c3c(C(=O)NCc4c(F)cccc4F)cn(C)c3c2=O)cc1. The Bertz CT molecular complexity index is 1410. The Balaban J connectivity index is 1.75. The number of aromatic nitrogens is 3. The van der Waals surface area contributed by atoms with Crippen LogP contribution in [0.2, 0.25) is 0 Å². The summed E-state index contributed by atoms with van der Waals surface area (Å²) in [7, 11) is 1.56. The van der Waals surface area contributed by atoms with Crippen LogP contribution < -0.4 is 16.6 Å². The lowest BCUT2D eigenvalue weighted by Gasteiger charge is -2.08. The molecular weight excluding hydrogens is 406 g/mol. The number of fused-ring (bicyclic) bond motifs is 1. The van der Waals surface area contributed by atoms with Gasteiger partial charge in [-0.25, -0.2) is 18.1 Å². The number of carbonyl (C=O) groups excluding carboxylic acids is 1. The molecule has 0 fully saturated rings. The molecule has 0 aliphatic heterocycles. The Kier molecular flexibility index (Phi) is 5.02. The van der Waals surface area contributed by atoms with Crippen LogP contribution in [0, 0.1) is 18.6 Å². The third-order valence-electron chi connectivity index (χ3n) is 5.05. The fourth-order valence-corrected chi connectivity index (χ4v) is 3.44. The van der Waals surface area contributed by atoms with Gasteiger partial charge in [0.25, 0.3) is 11.5 Å². The summed E-state index contributed by atoms with van der Waals surface area (Å²) in [6.07, 6.45) is 1.38. The van der Waals surface area contributed by atoms with Crippen LogP contribution in [0.1, 0.15) is 21.5 Å². The van der Waals surface area contributed by atoms with Crippen molar-refractivity contribution in [3.63, 3.8) is 0 Å². The molecule has 2 N–H and O–H groups in total. The van der Waals surface area contributed by atoms with E-state index in [1.165, 1.54) is 16.8 Å². The molecule has 0 bridgehead atoms. The van der Waals surface area contributed by atoms with Gasteiger partial charge in [-0.1, -0.05) is 23.8 Å². The van der Waals surface area contributed by atoms with E-state index < -0.39 is 35.3 Å². The Labute approximate surface area is 174 Å². The van der Waals surface area contributed by atoms with Gasteiger partial charge in [0.1, 0.15) is 17.2 Å². The predicted molar refractivity (Wildman–Crippen MR) is 111 cm³/mol. The van der Waals surface area contributed by atoms with Crippen LogP contribution in [0.4, 0.5) is 8.78 Å². The molecule has 2 heterocycles. The summed E-state index contributed by atoms with van der Waals surface area (Å²) in [5.41, 5.74) is -0.0500. The van der Waals surface area contributed by atoms with Crippen LogP contribution in [-0.2, 0) is 13.6 Å². The molecular formula is C22H18F2N4O3. The largest absolute Gasteiger partial charge is 0.348 e. The predicted octanol–water partition coefficient (Wildman–Crippen LogP) is 2.53. The zero-order valence-corrected chi connectivity index (χ0v) is 16.7. The van der Waals surface area contributed by atoms with Crippen LogP contribution in [0.3, 0.4) is 0 Å². The van der Waals surface area contributed by atoms with Crippen molar-refractivity contribution in [1.29, 1.82) is 0 Å². The minimum Gasteiger partial charge on any atom is -0.348 e. The molecule has 4 rings (SSSR count). The van der Waals surface area contributed by atoms with Gasteiger partial charge in [-0.2, -0.15) is 0 Å². The zero-order valence-electron chi connectivity index (χ0n) is 16.7. The number of halogens is 2. The highest BCUT2D eigenvalue weighted by atomic mass is 19.1. The van der Waals surface area contributed by atoms with Crippen molar-refractivity contribution in [1.82, 2.24) is 19.4 Å². The van der Waals surface area contributed by atoms with Crippen LogP contribution in [0.15, 0.2) is 58.3 Å². The number of benzene rings is 2. The van der Waals surface area contributed by atoms with E-state index >= 15 is 0 Å². The molecule has 1 amide bonds. The van der Waals surface area contributed by atoms with Crippen molar-refractivity contribution in [2.24, 2.45) is 7.05 Å². The molecule has 0 spiro atoms. The second-order valence-corrected chi connectivity index (χ2v) is 7.17. The van der Waals surface area contributed by atoms with Crippen LogP contribution >= 0.6 is 0 Å². The Morgan fingerprint density at radius 1 is 1.06 bits per heavy atom. The minimum absolute atomic E-state index is 0.0134. The topological polar surface area (TPSA) is 88.9 Å². The number of carbonyl (C=O) groups is 1.